The van der Waals surface area contributed by atoms with E-state index in [2.05, 4.69) is 206 Å². The molecule has 0 aliphatic carbocycles. The van der Waals surface area contributed by atoms with Crippen LogP contribution in [0.2, 0.25) is 0 Å². The van der Waals surface area contributed by atoms with Gasteiger partial charge in [-0.1, -0.05) is 121 Å². The van der Waals surface area contributed by atoms with Crippen molar-refractivity contribution in [3.63, 3.8) is 0 Å². The first kappa shape index (κ1) is 29.7. The van der Waals surface area contributed by atoms with Gasteiger partial charge in [0.15, 0.2) is 0 Å². The van der Waals surface area contributed by atoms with Crippen LogP contribution >= 0.6 is 0 Å². The molecule has 9 rings (SSSR count). The van der Waals surface area contributed by atoms with E-state index in [-0.39, 0.29) is 0 Å². The molecule has 9 aromatic rings. The Labute approximate surface area is 293 Å². The third kappa shape index (κ3) is 4.96. The van der Waals surface area contributed by atoms with Gasteiger partial charge in [0.1, 0.15) is 0 Å². The maximum Gasteiger partial charge on any atom is 0.0540 e. The molecule has 0 heterocycles. The number of fused-ring (bicyclic) bond motifs is 4. The minimum Gasteiger partial charge on any atom is -0.310 e. The van der Waals surface area contributed by atoms with Crippen LogP contribution in [-0.2, 0) is 0 Å². The molecule has 0 unspecified atom stereocenters. The topological polar surface area (TPSA) is 6.48 Å². The van der Waals surface area contributed by atoms with Crippen LogP contribution < -0.4 is 9.80 Å². The monoisotopic (exact) mass is 640 g/mol. The van der Waals surface area contributed by atoms with Crippen molar-refractivity contribution in [1.82, 2.24) is 0 Å². The second kappa shape index (κ2) is 12.3. The summed E-state index contributed by atoms with van der Waals surface area (Å²) in [4.78, 5) is 4.79. The minimum absolute atomic E-state index is 1.14. The van der Waals surface area contributed by atoms with Crippen LogP contribution in [0.25, 0.3) is 43.1 Å². The van der Waals surface area contributed by atoms with Crippen LogP contribution in [0.5, 0.6) is 0 Å². The van der Waals surface area contributed by atoms with Crippen molar-refractivity contribution < 1.29 is 0 Å². The summed E-state index contributed by atoms with van der Waals surface area (Å²) in [5, 5.41) is 10.0. The van der Waals surface area contributed by atoms with E-state index >= 15 is 0 Å². The third-order valence-electron chi connectivity index (χ3n) is 10.2. The summed E-state index contributed by atoms with van der Waals surface area (Å²) in [5.74, 6) is 0. The molecule has 238 valence electrons. The second-order valence-corrected chi connectivity index (χ2v) is 13.0. The fourth-order valence-corrected chi connectivity index (χ4v) is 7.72. The Morgan fingerprint density at radius 3 is 1.10 bits per heavy atom. The van der Waals surface area contributed by atoms with Gasteiger partial charge in [0.2, 0.25) is 0 Å². The van der Waals surface area contributed by atoms with E-state index in [0.717, 1.165) is 22.7 Å². The van der Waals surface area contributed by atoms with Crippen molar-refractivity contribution in [2.75, 3.05) is 9.80 Å². The van der Waals surface area contributed by atoms with Crippen molar-refractivity contribution >= 4 is 77.2 Å². The van der Waals surface area contributed by atoms with Gasteiger partial charge in [-0.25, -0.2) is 0 Å². The van der Waals surface area contributed by atoms with Crippen LogP contribution in [0.1, 0.15) is 11.1 Å². The highest BCUT2D eigenvalue weighted by Crippen LogP contribution is 2.44. The molecule has 0 bridgehead atoms. The van der Waals surface area contributed by atoms with Crippen LogP contribution in [0.3, 0.4) is 0 Å². The number of rotatable bonds is 6. The van der Waals surface area contributed by atoms with E-state index in [0.29, 0.717) is 0 Å². The van der Waals surface area contributed by atoms with Crippen molar-refractivity contribution in [2.24, 2.45) is 0 Å². The Bertz CT molecular complexity index is 2480. The van der Waals surface area contributed by atoms with Crippen LogP contribution in [0.15, 0.2) is 182 Å². The summed E-state index contributed by atoms with van der Waals surface area (Å²) in [6, 6.07) is 65.8. The van der Waals surface area contributed by atoms with Gasteiger partial charge in [-0.15, -0.1) is 0 Å². The Hall–Kier alpha value is -6.38. The van der Waals surface area contributed by atoms with Gasteiger partial charge in [0, 0.05) is 33.5 Å². The van der Waals surface area contributed by atoms with E-state index in [9.17, 15) is 0 Å². The molecule has 0 amide bonds. The fourth-order valence-electron chi connectivity index (χ4n) is 7.72. The zero-order valence-corrected chi connectivity index (χ0v) is 28.2. The minimum atomic E-state index is 1.14. The molecular formula is C48H36N2. The van der Waals surface area contributed by atoms with Crippen LogP contribution in [-0.4, -0.2) is 0 Å². The molecule has 50 heavy (non-hydrogen) atoms. The molecule has 0 aliphatic heterocycles. The number of aryl methyl sites for hydroxylation is 2. The van der Waals surface area contributed by atoms with Crippen molar-refractivity contribution in [3.8, 4) is 0 Å². The van der Waals surface area contributed by atoms with Gasteiger partial charge in [-0.3, -0.25) is 0 Å². The molecule has 2 heteroatoms. The largest absolute Gasteiger partial charge is 0.310 e. The van der Waals surface area contributed by atoms with Gasteiger partial charge < -0.3 is 9.80 Å². The highest BCUT2D eigenvalue weighted by atomic mass is 15.1. The van der Waals surface area contributed by atoms with E-state index < -0.39 is 0 Å². The standard InChI is InChI=1S/C48H36N2/c1-33-41-29-27-40(50(38-21-7-4-8-22-38)48-26-14-18-36-16-10-12-24-44(36)48)32-46(41)34(2)42-30-28-39(31-45(33)42)49(37-19-5-3-6-20-37)47-25-13-17-35-15-9-11-23-43(35)47/h3-32H,1-2H3. The zero-order chi connectivity index (χ0) is 33.6. The first-order valence-corrected chi connectivity index (χ1v) is 17.3. The zero-order valence-electron chi connectivity index (χ0n) is 28.2. The molecule has 9 aromatic carbocycles. The molecule has 0 N–H and O–H groups in total. The van der Waals surface area contributed by atoms with Crippen LogP contribution in [0, 0.1) is 13.8 Å². The molecule has 0 fully saturated rings. The maximum absolute atomic E-state index is 2.39. The van der Waals surface area contributed by atoms with Gasteiger partial charge in [0.25, 0.3) is 0 Å². The first-order chi connectivity index (χ1) is 24.7. The molecule has 0 atom stereocenters. The summed E-state index contributed by atoms with van der Waals surface area (Å²) in [6.07, 6.45) is 0. The van der Waals surface area contributed by atoms with Gasteiger partial charge in [-0.2, -0.15) is 0 Å². The molecule has 0 aliphatic rings. The van der Waals surface area contributed by atoms with E-state index in [4.69, 9.17) is 0 Å². The molecule has 0 saturated heterocycles. The van der Waals surface area contributed by atoms with Gasteiger partial charge in [0.05, 0.1) is 11.4 Å². The van der Waals surface area contributed by atoms with E-state index in [1.807, 2.05) is 0 Å². The number of hydrogen-bond acceptors (Lipinski definition) is 2. The summed E-state index contributed by atoms with van der Waals surface area (Å²) in [6.45, 7) is 4.55. The number of nitrogens with zero attached hydrogens (tertiary/aromatic N) is 2. The average Bonchev–Trinajstić information content (AvgIpc) is 3.18. The summed E-state index contributed by atoms with van der Waals surface area (Å²) in [5.41, 5.74) is 9.47. The van der Waals surface area contributed by atoms with Gasteiger partial charge >= 0.3 is 0 Å². The molecular weight excluding hydrogens is 605 g/mol. The van der Waals surface area contributed by atoms with Crippen LogP contribution in [0.4, 0.5) is 34.1 Å². The number of para-hydroxylation sites is 2. The normalized spacial score (nSPS) is 11.4. The molecule has 0 radical (unpaired) electrons. The second-order valence-electron chi connectivity index (χ2n) is 13.0. The van der Waals surface area contributed by atoms with Crippen molar-refractivity contribution in [1.29, 1.82) is 0 Å². The lowest BCUT2D eigenvalue weighted by Crippen LogP contribution is -2.11. The molecule has 0 aromatic heterocycles. The summed E-state index contributed by atoms with van der Waals surface area (Å²) < 4.78 is 0. The molecule has 0 spiro atoms. The van der Waals surface area contributed by atoms with E-state index in [1.165, 1.54) is 65.6 Å². The Morgan fingerprint density at radius 2 is 0.660 bits per heavy atom. The molecule has 0 saturated carbocycles. The Morgan fingerprint density at radius 1 is 0.280 bits per heavy atom. The van der Waals surface area contributed by atoms with Crippen molar-refractivity contribution in [2.45, 2.75) is 13.8 Å². The predicted octanol–water partition coefficient (Wildman–Crippen LogP) is 13.9. The number of hydrogen-bond donors (Lipinski definition) is 0. The number of anilines is 6. The summed E-state index contributed by atoms with van der Waals surface area (Å²) >= 11 is 0. The lowest BCUT2D eigenvalue weighted by Gasteiger charge is -2.28. The Balaban J connectivity index is 1.23. The SMILES string of the molecule is Cc1c2ccc(N(c3ccccc3)c3cccc4ccccc34)cc2c(C)c2ccc(N(c3ccccc3)c3cccc4ccccc34)cc12. The highest BCUT2D eigenvalue weighted by Gasteiger charge is 2.20. The lowest BCUT2D eigenvalue weighted by atomic mass is 9.92. The number of benzene rings is 9. The average molecular weight is 641 g/mol. The quantitative estimate of drug-likeness (QED) is 0.167. The smallest absolute Gasteiger partial charge is 0.0540 e. The third-order valence-corrected chi connectivity index (χ3v) is 10.2. The highest BCUT2D eigenvalue weighted by molar-refractivity contribution is 6.09. The predicted molar refractivity (Wildman–Crippen MR) is 215 cm³/mol. The molecule has 2 nitrogen and oxygen atoms in total. The van der Waals surface area contributed by atoms with Gasteiger partial charge in [-0.05, 0) is 118 Å². The first-order valence-electron chi connectivity index (χ1n) is 17.3. The Kier molecular flexibility index (Phi) is 7.29. The maximum atomic E-state index is 2.39. The van der Waals surface area contributed by atoms with Crippen molar-refractivity contribution in [3.05, 3.63) is 193 Å². The van der Waals surface area contributed by atoms with E-state index in [1.54, 1.807) is 0 Å². The summed E-state index contributed by atoms with van der Waals surface area (Å²) in [7, 11) is 0. The fraction of sp³-hybridized carbons (Fsp3) is 0.0417. The lowest BCUT2D eigenvalue weighted by molar-refractivity contribution is 1.30.